The second-order valence-corrected chi connectivity index (χ2v) is 4.52. The number of rotatable bonds is 3. The quantitative estimate of drug-likeness (QED) is 0.328. The summed E-state index contributed by atoms with van der Waals surface area (Å²) in [4.78, 5) is 21.7. The molecule has 1 aromatic carbocycles. The Hall–Kier alpha value is -3.08. The normalized spacial score (nSPS) is 11.0. The summed E-state index contributed by atoms with van der Waals surface area (Å²) < 4.78 is 0.732. The largest absolute Gasteiger partial charge is 0.507 e. The maximum Gasteiger partial charge on any atom is 0.311 e. The number of phenolic OH excluding ortho intramolecular Hbond substituents is 2. The van der Waals surface area contributed by atoms with Crippen LogP contribution in [0.4, 0.5) is 5.69 Å². The van der Waals surface area contributed by atoms with Crippen LogP contribution in [0.25, 0.3) is 0 Å². The number of hydrogen-bond acceptors (Lipinski definition) is 8. The van der Waals surface area contributed by atoms with E-state index in [-0.39, 0.29) is 16.0 Å². The Morgan fingerprint density at radius 1 is 1.45 bits per heavy atom. The fourth-order valence-corrected chi connectivity index (χ4v) is 1.70. The second kappa shape index (κ2) is 5.73. The predicted octanol–water partition coefficient (Wildman–Crippen LogP) is 0.811. The smallest absolute Gasteiger partial charge is 0.311 e. The standard InChI is InChI=1S/C11H9N5O5S/c1-5-10(19)15(11(22)14-13-5)12-4-6-2-7(16(20)21)9(18)3-8(6)17/h2-4,17-18H,1H3,(H,14,22)/b12-4-. The van der Waals surface area contributed by atoms with Gasteiger partial charge in [0.05, 0.1) is 11.1 Å². The molecule has 3 N–H and O–H groups in total. The van der Waals surface area contributed by atoms with E-state index >= 15 is 0 Å². The van der Waals surface area contributed by atoms with Crippen LogP contribution in [-0.2, 0) is 0 Å². The highest BCUT2D eigenvalue weighted by atomic mass is 32.1. The average Bonchev–Trinajstić information content (AvgIpc) is 2.44. The van der Waals surface area contributed by atoms with Crippen LogP contribution >= 0.6 is 12.2 Å². The number of hydrogen-bond donors (Lipinski definition) is 3. The average molecular weight is 323 g/mol. The first-order chi connectivity index (χ1) is 10.3. The molecule has 10 nitrogen and oxygen atoms in total. The zero-order chi connectivity index (χ0) is 16.4. The fraction of sp³-hybridized carbons (Fsp3) is 0.0909. The highest BCUT2D eigenvalue weighted by Gasteiger charge is 2.16. The Labute approximate surface area is 127 Å². The van der Waals surface area contributed by atoms with Crippen LogP contribution < -0.4 is 5.56 Å². The highest BCUT2D eigenvalue weighted by molar-refractivity contribution is 7.71. The molecule has 0 saturated carbocycles. The molecule has 0 bridgehead atoms. The van der Waals surface area contributed by atoms with Gasteiger partial charge in [0.2, 0.25) is 4.77 Å². The number of aromatic hydroxyl groups is 2. The lowest BCUT2D eigenvalue weighted by molar-refractivity contribution is -0.385. The summed E-state index contributed by atoms with van der Waals surface area (Å²) in [5.41, 5.74) is -1.14. The van der Waals surface area contributed by atoms with Gasteiger partial charge in [-0.3, -0.25) is 20.0 Å². The lowest BCUT2D eigenvalue weighted by Crippen LogP contribution is -2.22. The van der Waals surface area contributed by atoms with E-state index in [1.54, 1.807) is 0 Å². The summed E-state index contributed by atoms with van der Waals surface area (Å²) in [5.74, 6) is -1.13. The number of nitro benzene ring substituents is 1. The van der Waals surface area contributed by atoms with Gasteiger partial charge in [-0.05, 0) is 19.1 Å². The molecule has 114 valence electrons. The lowest BCUT2D eigenvalue weighted by Gasteiger charge is -2.02. The summed E-state index contributed by atoms with van der Waals surface area (Å²) in [7, 11) is 0. The molecule has 0 spiro atoms. The maximum atomic E-state index is 11.8. The van der Waals surface area contributed by atoms with Crippen molar-refractivity contribution in [2.45, 2.75) is 6.92 Å². The Bertz CT molecular complexity index is 901. The number of nitrogens with zero attached hydrogens (tertiary/aromatic N) is 4. The summed E-state index contributed by atoms with van der Waals surface area (Å²) in [6.07, 6.45) is 1.01. The Balaban J connectivity index is 2.54. The molecule has 1 aromatic heterocycles. The topological polar surface area (TPSA) is 147 Å². The van der Waals surface area contributed by atoms with E-state index in [0.717, 1.165) is 23.0 Å². The second-order valence-electron chi connectivity index (χ2n) is 4.13. The number of aryl methyl sites for hydroxylation is 1. The first-order valence-corrected chi connectivity index (χ1v) is 6.15. The summed E-state index contributed by atoms with van der Waals surface area (Å²) in [6, 6.07) is 1.72. The van der Waals surface area contributed by atoms with Crippen LogP contribution in [0.3, 0.4) is 0 Å². The van der Waals surface area contributed by atoms with E-state index in [1.165, 1.54) is 6.92 Å². The number of nitrogens with one attached hydrogen (secondary N) is 1. The van der Waals surface area contributed by atoms with Gasteiger partial charge in [0.1, 0.15) is 11.4 Å². The van der Waals surface area contributed by atoms with Gasteiger partial charge in [0.15, 0.2) is 5.75 Å². The van der Waals surface area contributed by atoms with Crippen molar-refractivity contribution in [3.8, 4) is 11.5 Å². The number of nitro groups is 1. The number of benzene rings is 1. The molecule has 0 saturated heterocycles. The van der Waals surface area contributed by atoms with Gasteiger partial charge in [-0.2, -0.15) is 14.9 Å². The van der Waals surface area contributed by atoms with E-state index in [1.807, 2.05) is 0 Å². The third kappa shape index (κ3) is 2.83. The van der Waals surface area contributed by atoms with Crippen LogP contribution in [0.1, 0.15) is 11.3 Å². The van der Waals surface area contributed by atoms with Crippen molar-refractivity contribution in [1.29, 1.82) is 0 Å². The van der Waals surface area contributed by atoms with Gasteiger partial charge in [-0.25, -0.2) is 0 Å². The molecule has 0 unspecified atom stereocenters. The van der Waals surface area contributed by atoms with Gasteiger partial charge in [-0.1, -0.05) is 0 Å². The SMILES string of the molecule is Cc1n[nH]c(=S)n(/N=C\c2cc([N+](=O)[O-])c(O)cc2O)c1=O. The van der Waals surface area contributed by atoms with Crippen LogP contribution in [-0.4, -0.2) is 36.2 Å². The molecule has 2 rings (SSSR count). The summed E-state index contributed by atoms with van der Waals surface area (Å²) in [6.45, 7) is 1.45. The Morgan fingerprint density at radius 2 is 2.14 bits per heavy atom. The van der Waals surface area contributed by atoms with Gasteiger partial charge in [0.25, 0.3) is 5.56 Å². The van der Waals surface area contributed by atoms with Crippen molar-refractivity contribution in [2.24, 2.45) is 5.10 Å². The third-order valence-corrected chi connectivity index (χ3v) is 2.91. The number of H-pyrrole nitrogens is 1. The van der Waals surface area contributed by atoms with E-state index < -0.39 is 27.7 Å². The van der Waals surface area contributed by atoms with Crippen molar-refractivity contribution in [2.75, 3.05) is 0 Å². The van der Waals surface area contributed by atoms with Crippen molar-refractivity contribution in [1.82, 2.24) is 14.9 Å². The minimum absolute atomic E-state index is 0.0692. The predicted molar refractivity (Wildman–Crippen MR) is 77.8 cm³/mol. The number of aromatic amines is 1. The van der Waals surface area contributed by atoms with E-state index in [9.17, 15) is 25.1 Å². The highest BCUT2D eigenvalue weighted by Crippen LogP contribution is 2.31. The molecule has 0 fully saturated rings. The molecule has 11 heteroatoms. The third-order valence-electron chi connectivity index (χ3n) is 2.65. The molecular formula is C11H9N5O5S. The van der Waals surface area contributed by atoms with Crippen molar-refractivity contribution in [3.63, 3.8) is 0 Å². The van der Waals surface area contributed by atoms with Crippen molar-refractivity contribution < 1.29 is 15.1 Å². The molecule has 1 heterocycles. The number of aromatic nitrogens is 3. The van der Waals surface area contributed by atoms with Gasteiger partial charge >= 0.3 is 5.69 Å². The van der Waals surface area contributed by atoms with Gasteiger partial charge in [0, 0.05) is 17.7 Å². The molecule has 0 aliphatic carbocycles. The zero-order valence-electron chi connectivity index (χ0n) is 11.0. The Morgan fingerprint density at radius 3 is 2.77 bits per heavy atom. The van der Waals surface area contributed by atoms with Crippen molar-refractivity contribution >= 4 is 24.1 Å². The number of phenols is 2. The molecule has 2 aromatic rings. The summed E-state index contributed by atoms with van der Waals surface area (Å²) >= 11 is 4.86. The minimum Gasteiger partial charge on any atom is -0.507 e. The van der Waals surface area contributed by atoms with Gasteiger partial charge < -0.3 is 10.2 Å². The van der Waals surface area contributed by atoms with Crippen LogP contribution in [0.15, 0.2) is 22.0 Å². The van der Waals surface area contributed by atoms with E-state index in [0.29, 0.717) is 0 Å². The van der Waals surface area contributed by atoms with Crippen LogP contribution in [0, 0.1) is 21.8 Å². The fourth-order valence-electron chi connectivity index (χ4n) is 1.53. The van der Waals surface area contributed by atoms with Crippen molar-refractivity contribution in [3.05, 3.63) is 48.6 Å². The monoisotopic (exact) mass is 323 g/mol. The molecule has 0 amide bonds. The van der Waals surface area contributed by atoms with Gasteiger partial charge in [-0.15, -0.1) is 0 Å². The molecule has 22 heavy (non-hydrogen) atoms. The molecule has 0 aliphatic rings. The van der Waals surface area contributed by atoms with E-state index in [2.05, 4.69) is 15.3 Å². The minimum atomic E-state index is -0.818. The Kier molecular flexibility index (Phi) is 3.99. The lowest BCUT2D eigenvalue weighted by atomic mass is 10.2. The molecule has 0 atom stereocenters. The maximum absolute atomic E-state index is 11.8. The van der Waals surface area contributed by atoms with E-state index in [4.69, 9.17) is 12.2 Å². The van der Waals surface area contributed by atoms with Crippen LogP contribution in [0.2, 0.25) is 0 Å². The summed E-state index contributed by atoms with van der Waals surface area (Å²) in [5, 5.41) is 39.6. The molecule has 0 aliphatic heterocycles. The molecule has 0 radical (unpaired) electrons. The van der Waals surface area contributed by atoms with Crippen LogP contribution in [0.5, 0.6) is 11.5 Å². The first-order valence-electron chi connectivity index (χ1n) is 5.74. The molecular weight excluding hydrogens is 314 g/mol. The zero-order valence-corrected chi connectivity index (χ0v) is 11.9. The first kappa shape index (κ1) is 15.3.